The van der Waals surface area contributed by atoms with Crippen LogP contribution in [0, 0.1) is 6.92 Å². The minimum absolute atomic E-state index is 0.0832. The van der Waals surface area contributed by atoms with Crippen molar-refractivity contribution in [3.8, 4) is 16.5 Å². The lowest BCUT2D eigenvalue weighted by Crippen LogP contribution is -2.45. The van der Waals surface area contributed by atoms with Gasteiger partial charge in [-0.25, -0.2) is 4.98 Å². The summed E-state index contributed by atoms with van der Waals surface area (Å²) >= 11 is 1.55. The number of aliphatic carboxylic acids is 1. The Bertz CT molecular complexity index is 1500. The van der Waals surface area contributed by atoms with Crippen LogP contribution in [0.2, 0.25) is 0 Å². The number of carboxylic acids is 1. The second-order valence-corrected chi connectivity index (χ2v) is 11.4. The zero-order valence-electron chi connectivity index (χ0n) is 20.0. The van der Waals surface area contributed by atoms with Crippen molar-refractivity contribution in [1.82, 2.24) is 9.29 Å². The Hall–Kier alpha value is -3.67. The number of benzene rings is 2. The summed E-state index contributed by atoms with van der Waals surface area (Å²) < 4.78 is 40.7. The van der Waals surface area contributed by atoms with Crippen LogP contribution in [0.25, 0.3) is 10.8 Å². The van der Waals surface area contributed by atoms with Gasteiger partial charge in [-0.15, -0.1) is 11.3 Å². The topological polar surface area (TPSA) is 113 Å². The summed E-state index contributed by atoms with van der Waals surface area (Å²) in [6.07, 6.45) is 0.585. The maximum atomic E-state index is 13.4. The molecule has 0 fully saturated rings. The van der Waals surface area contributed by atoms with Crippen molar-refractivity contribution in [2.45, 2.75) is 26.5 Å². The molecule has 0 saturated heterocycles. The van der Waals surface area contributed by atoms with Gasteiger partial charge in [0.2, 0.25) is 5.89 Å². The third-order valence-corrected chi connectivity index (χ3v) is 8.75. The van der Waals surface area contributed by atoms with E-state index < -0.39 is 22.7 Å². The lowest BCUT2D eigenvalue weighted by atomic mass is 10.2. The molecule has 3 heterocycles. The van der Waals surface area contributed by atoms with Crippen LogP contribution in [0.3, 0.4) is 0 Å². The highest BCUT2D eigenvalue weighted by Crippen LogP contribution is 2.32. The number of aromatic nitrogens is 1. The molecule has 2 aromatic heterocycles. The summed E-state index contributed by atoms with van der Waals surface area (Å²) in [6, 6.07) is 18.0. The second-order valence-electron chi connectivity index (χ2n) is 8.55. The fourth-order valence-electron chi connectivity index (χ4n) is 4.17. The van der Waals surface area contributed by atoms with Crippen molar-refractivity contribution in [1.29, 1.82) is 0 Å². The Kier molecular flexibility index (Phi) is 7.00. The molecule has 0 saturated carbocycles. The number of nitrogens with zero attached hydrogens (tertiary/aromatic N) is 3. The van der Waals surface area contributed by atoms with Gasteiger partial charge in [0, 0.05) is 13.1 Å². The molecule has 0 unspecified atom stereocenters. The molecule has 11 heteroatoms. The summed E-state index contributed by atoms with van der Waals surface area (Å²) in [4.78, 5) is 17.0. The Morgan fingerprint density at radius 3 is 2.68 bits per heavy atom. The lowest BCUT2D eigenvalue weighted by molar-refractivity contribution is -0.137. The van der Waals surface area contributed by atoms with E-state index in [0.717, 1.165) is 14.7 Å². The van der Waals surface area contributed by atoms with Crippen LogP contribution in [0.15, 0.2) is 70.5 Å². The predicted octanol–water partition coefficient (Wildman–Crippen LogP) is 4.48. The number of para-hydroxylation sites is 1. The van der Waals surface area contributed by atoms with Crippen molar-refractivity contribution >= 4 is 33.2 Å². The van der Waals surface area contributed by atoms with Crippen LogP contribution in [0.4, 0.5) is 5.69 Å². The Balaban J connectivity index is 1.27. The summed E-state index contributed by atoms with van der Waals surface area (Å²) in [5, 5.41) is 11.4. The first-order chi connectivity index (χ1) is 17.8. The van der Waals surface area contributed by atoms with Crippen LogP contribution in [-0.4, -0.2) is 41.9 Å². The van der Waals surface area contributed by atoms with Crippen LogP contribution in [-0.2, 0) is 34.6 Å². The molecule has 9 nitrogen and oxygen atoms in total. The number of aryl methyl sites for hydroxylation is 1. The molecule has 0 atom stereocenters. The average molecular weight is 540 g/mol. The third kappa shape index (κ3) is 5.38. The minimum Gasteiger partial charge on any atom is -0.487 e. The second kappa shape index (κ2) is 10.4. The van der Waals surface area contributed by atoms with Crippen molar-refractivity contribution in [3.63, 3.8) is 0 Å². The van der Waals surface area contributed by atoms with Crippen LogP contribution in [0.1, 0.15) is 22.6 Å². The van der Waals surface area contributed by atoms with Gasteiger partial charge in [0.15, 0.2) is 0 Å². The molecule has 37 heavy (non-hydrogen) atoms. The average Bonchev–Trinajstić information content (AvgIpc) is 3.63. The number of carbonyl (C=O) groups is 1. The number of hydrogen-bond acceptors (Lipinski definition) is 7. The monoisotopic (exact) mass is 539 g/mol. The molecule has 5 rings (SSSR count). The van der Waals surface area contributed by atoms with Gasteiger partial charge in [-0.05, 0) is 54.1 Å². The van der Waals surface area contributed by atoms with E-state index in [4.69, 9.17) is 9.15 Å². The third-order valence-electron chi connectivity index (χ3n) is 6.04. The van der Waals surface area contributed by atoms with Gasteiger partial charge in [-0.3, -0.25) is 9.10 Å². The summed E-state index contributed by atoms with van der Waals surface area (Å²) in [6.45, 7) is 1.60. The molecular formula is C26H25N3O6S2. The van der Waals surface area contributed by atoms with Gasteiger partial charge >= 0.3 is 16.2 Å². The van der Waals surface area contributed by atoms with Crippen molar-refractivity contribution in [2.75, 3.05) is 17.4 Å². The van der Waals surface area contributed by atoms with E-state index in [9.17, 15) is 18.3 Å². The number of oxazole rings is 1. The Labute approximate surface area is 218 Å². The van der Waals surface area contributed by atoms with Crippen LogP contribution in [0.5, 0.6) is 5.75 Å². The zero-order valence-corrected chi connectivity index (χ0v) is 21.7. The molecule has 192 valence electrons. The fraction of sp³-hybridized carbons (Fsp3) is 0.231. The maximum Gasteiger partial charge on any atom is 0.318 e. The standard InChI is InChI=1S/C26H25N3O6S2/c1-18-22(27-26(35-18)24-7-4-14-36-24)17-34-21-10-8-19(9-11-21)15-28(16-25(30)31)37(32,33)29-13-12-20-5-2-3-6-23(20)29/h2-11,14H,12-13,15-17H2,1H3,(H,30,31). The van der Waals surface area contributed by atoms with Gasteiger partial charge in [-0.2, -0.15) is 12.7 Å². The molecule has 4 aromatic rings. The van der Waals surface area contributed by atoms with E-state index in [0.29, 0.717) is 40.8 Å². The molecule has 1 N–H and O–H groups in total. The molecule has 0 spiro atoms. The highest BCUT2D eigenvalue weighted by atomic mass is 32.2. The van der Waals surface area contributed by atoms with Gasteiger partial charge in [0.1, 0.15) is 30.4 Å². The first-order valence-electron chi connectivity index (χ1n) is 11.6. The van der Waals surface area contributed by atoms with E-state index in [1.807, 2.05) is 36.6 Å². The molecule has 0 bridgehead atoms. The summed E-state index contributed by atoms with van der Waals surface area (Å²) in [5.41, 5.74) is 2.85. The summed E-state index contributed by atoms with van der Waals surface area (Å²) in [5.74, 6) is 0.589. The number of rotatable bonds is 10. The largest absolute Gasteiger partial charge is 0.487 e. The Morgan fingerprint density at radius 2 is 1.95 bits per heavy atom. The first-order valence-corrected chi connectivity index (χ1v) is 13.9. The number of carboxylic acid groups (broad SMARTS) is 1. The number of hydrogen-bond donors (Lipinski definition) is 1. The normalized spacial score (nSPS) is 13.2. The van der Waals surface area contributed by atoms with Crippen LogP contribution < -0.4 is 9.04 Å². The summed E-state index contributed by atoms with van der Waals surface area (Å²) in [7, 11) is -4.05. The van der Waals surface area contributed by atoms with Gasteiger partial charge in [0.05, 0.1) is 10.6 Å². The molecule has 2 aromatic carbocycles. The van der Waals surface area contributed by atoms with Crippen LogP contribution >= 0.6 is 11.3 Å². The van der Waals surface area contributed by atoms with E-state index in [1.54, 1.807) is 47.7 Å². The van der Waals surface area contributed by atoms with E-state index in [2.05, 4.69) is 4.98 Å². The molecule has 1 aliphatic rings. The number of ether oxygens (including phenoxy) is 1. The van der Waals surface area contributed by atoms with Crippen molar-refractivity contribution < 1.29 is 27.5 Å². The minimum atomic E-state index is -4.05. The molecule has 0 aliphatic carbocycles. The van der Waals surface area contributed by atoms with Gasteiger partial charge < -0.3 is 14.3 Å². The van der Waals surface area contributed by atoms with E-state index >= 15 is 0 Å². The molecule has 0 amide bonds. The quantitative estimate of drug-likeness (QED) is 0.316. The molecule has 0 radical (unpaired) electrons. The highest BCUT2D eigenvalue weighted by molar-refractivity contribution is 7.90. The van der Waals surface area contributed by atoms with Gasteiger partial charge in [0.25, 0.3) is 0 Å². The maximum absolute atomic E-state index is 13.4. The van der Waals surface area contributed by atoms with Crippen molar-refractivity contribution in [3.05, 3.63) is 88.6 Å². The highest BCUT2D eigenvalue weighted by Gasteiger charge is 2.35. The van der Waals surface area contributed by atoms with Crippen molar-refractivity contribution in [2.24, 2.45) is 0 Å². The van der Waals surface area contributed by atoms with E-state index in [-0.39, 0.29) is 19.7 Å². The number of anilines is 1. The molecular weight excluding hydrogens is 514 g/mol. The lowest BCUT2D eigenvalue weighted by Gasteiger charge is -2.28. The molecule has 1 aliphatic heterocycles. The van der Waals surface area contributed by atoms with E-state index in [1.165, 1.54) is 4.31 Å². The number of thiophene rings is 1. The predicted molar refractivity (Wildman–Crippen MR) is 140 cm³/mol. The smallest absolute Gasteiger partial charge is 0.318 e. The number of fused-ring (bicyclic) bond motifs is 1. The first kappa shape index (κ1) is 25.0. The van der Waals surface area contributed by atoms with Gasteiger partial charge in [-0.1, -0.05) is 36.4 Å². The fourth-order valence-corrected chi connectivity index (χ4v) is 6.43. The Morgan fingerprint density at radius 1 is 1.16 bits per heavy atom. The SMILES string of the molecule is Cc1oc(-c2cccs2)nc1COc1ccc(CN(CC(=O)O)S(=O)(=O)N2CCc3ccccc32)cc1. The zero-order chi connectivity index (χ0) is 26.0.